The molecule has 0 saturated carbocycles. The predicted molar refractivity (Wildman–Crippen MR) is 70.6 cm³/mol. The number of nitrogen functional groups attached to an aromatic ring is 1. The summed E-state index contributed by atoms with van der Waals surface area (Å²) < 4.78 is 4.81. The molecule has 0 unspecified atom stereocenters. The fraction of sp³-hybridized carbons (Fsp3) is 0.357. The monoisotopic (exact) mass is 233 g/mol. The highest BCUT2D eigenvalue weighted by Gasteiger charge is 2.03. The van der Waals surface area contributed by atoms with Gasteiger partial charge in [-0.3, -0.25) is 0 Å². The average molecular weight is 233 g/mol. The topological polar surface area (TPSA) is 52.3 Å². The third-order valence-electron chi connectivity index (χ3n) is 2.46. The molecule has 0 aromatic heterocycles. The summed E-state index contributed by atoms with van der Waals surface area (Å²) in [5.74, 6) is 0.0900. The molecule has 0 saturated heterocycles. The van der Waals surface area contributed by atoms with Crippen LogP contribution in [0.15, 0.2) is 24.3 Å². The quantitative estimate of drug-likeness (QED) is 0.494. The molecule has 0 amide bonds. The molecule has 0 radical (unpaired) electrons. The van der Waals surface area contributed by atoms with Crippen LogP contribution in [0.3, 0.4) is 0 Å². The van der Waals surface area contributed by atoms with Gasteiger partial charge in [0.25, 0.3) is 0 Å². The first-order valence-corrected chi connectivity index (χ1v) is 5.78. The first-order chi connectivity index (χ1) is 8.04. The van der Waals surface area contributed by atoms with Gasteiger partial charge in [-0.15, -0.1) is 0 Å². The fourth-order valence-electron chi connectivity index (χ4n) is 1.44. The van der Waals surface area contributed by atoms with Crippen molar-refractivity contribution in [2.75, 3.05) is 12.3 Å². The van der Waals surface area contributed by atoms with Crippen LogP contribution in [0.5, 0.6) is 0 Å². The minimum absolute atomic E-state index is 0.346. The summed E-state index contributed by atoms with van der Waals surface area (Å²) in [5.41, 5.74) is 8.56. The molecule has 2 N–H and O–H groups in total. The number of hydrogen-bond acceptors (Lipinski definition) is 3. The fourth-order valence-corrected chi connectivity index (χ4v) is 1.44. The first-order valence-electron chi connectivity index (χ1n) is 5.78. The molecule has 0 atom stereocenters. The van der Waals surface area contributed by atoms with Gasteiger partial charge in [0.2, 0.25) is 0 Å². The highest BCUT2D eigenvalue weighted by atomic mass is 16.5. The van der Waals surface area contributed by atoms with E-state index in [9.17, 15) is 4.79 Å². The van der Waals surface area contributed by atoms with Crippen LogP contribution in [0.1, 0.15) is 37.8 Å². The van der Waals surface area contributed by atoms with Crippen LogP contribution in [-0.2, 0) is 9.53 Å². The van der Waals surface area contributed by atoms with Gasteiger partial charge in [0.05, 0.1) is 6.61 Å². The molecule has 0 bridgehead atoms. The van der Waals surface area contributed by atoms with Gasteiger partial charge in [-0.2, -0.15) is 0 Å². The summed E-state index contributed by atoms with van der Waals surface area (Å²) in [5, 5.41) is 0. The maximum Gasteiger partial charge on any atom is 0.330 e. The van der Waals surface area contributed by atoms with Crippen LogP contribution < -0.4 is 5.73 Å². The van der Waals surface area contributed by atoms with Gasteiger partial charge in [0.15, 0.2) is 0 Å². The summed E-state index contributed by atoms with van der Waals surface area (Å²) in [6.07, 6.45) is 3.10. The van der Waals surface area contributed by atoms with Crippen LogP contribution >= 0.6 is 0 Å². The minimum atomic E-state index is -0.346. The van der Waals surface area contributed by atoms with Crippen molar-refractivity contribution in [3.63, 3.8) is 0 Å². The normalized spacial score (nSPS) is 11.1. The zero-order chi connectivity index (χ0) is 12.8. The predicted octanol–water partition coefficient (Wildman–Crippen LogP) is 2.97. The van der Waals surface area contributed by atoms with Crippen molar-refractivity contribution in [3.8, 4) is 0 Å². The number of ether oxygens (including phenoxy) is 1. The lowest BCUT2D eigenvalue weighted by atomic mass is 9.99. The van der Waals surface area contributed by atoms with E-state index in [0.717, 1.165) is 5.56 Å². The number of nitrogens with two attached hydrogens (primary N) is 1. The van der Waals surface area contributed by atoms with E-state index in [2.05, 4.69) is 13.8 Å². The molecule has 1 rings (SSSR count). The highest BCUT2D eigenvalue weighted by Crippen LogP contribution is 2.21. The maximum absolute atomic E-state index is 11.2. The molecule has 0 fully saturated rings. The van der Waals surface area contributed by atoms with E-state index in [1.807, 2.05) is 18.2 Å². The Morgan fingerprint density at radius 3 is 2.76 bits per heavy atom. The summed E-state index contributed by atoms with van der Waals surface area (Å²) in [6.45, 7) is 6.39. The lowest BCUT2D eigenvalue weighted by molar-refractivity contribution is -0.137. The summed E-state index contributed by atoms with van der Waals surface area (Å²) in [6, 6.07) is 5.86. The van der Waals surface area contributed by atoms with Crippen LogP contribution in [-0.4, -0.2) is 12.6 Å². The van der Waals surface area contributed by atoms with Gasteiger partial charge < -0.3 is 10.5 Å². The van der Waals surface area contributed by atoms with E-state index in [0.29, 0.717) is 18.2 Å². The van der Waals surface area contributed by atoms with Gasteiger partial charge >= 0.3 is 5.97 Å². The van der Waals surface area contributed by atoms with E-state index in [-0.39, 0.29) is 5.97 Å². The number of carbonyl (C=O) groups is 1. The Balaban J connectivity index is 2.89. The van der Waals surface area contributed by atoms with Crippen LogP contribution in [0.2, 0.25) is 0 Å². The molecule has 0 aliphatic carbocycles. The Labute approximate surface area is 102 Å². The van der Waals surface area contributed by atoms with Gasteiger partial charge in [-0.1, -0.05) is 19.9 Å². The largest absolute Gasteiger partial charge is 0.463 e. The zero-order valence-electron chi connectivity index (χ0n) is 10.6. The molecule has 3 heteroatoms. The number of hydrogen-bond donors (Lipinski definition) is 1. The van der Waals surface area contributed by atoms with Gasteiger partial charge in [0.1, 0.15) is 0 Å². The molecular weight excluding hydrogens is 214 g/mol. The van der Waals surface area contributed by atoms with Crippen LogP contribution in [0.4, 0.5) is 5.69 Å². The molecule has 0 spiro atoms. The third-order valence-corrected chi connectivity index (χ3v) is 2.46. The molecule has 1 aromatic rings. The number of rotatable bonds is 4. The number of benzene rings is 1. The summed E-state index contributed by atoms with van der Waals surface area (Å²) >= 11 is 0. The Hall–Kier alpha value is -1.77. The third kappa shape index (κ3) is 3.94. The zero-order valence-corrected chi connectivity index (χ0v) is 10.6. The molecule has 0 aliphatic rings. The standard InChI is InChI=1S/C14H19NO2/c1-4-17-14(16)8-6-12-9-11(10(2)3)5-7-13(12)15/h5-10H,4,15H2,1-3H3/b8-6+. The second-order valence-electron chi connectivity index (χ2n) is 4.13. The lowest BCUT2D eigenvalue weighted by Gasteiger charge is -2.08. The molecule has 0 heterocycles. The number of esters is 1. The molecule has 92 valence electrons. The SMILES string of the molecule is CCOC(=O)/C=C/c1cc(C(C)C)ccc1N. The second-order valence-corrected chi connectivity index (χ2v) is 4.13. The molecule has 1 aromatic carbocycles. The first kappa shape index (κ1) is 13.3. The van der Waals surface area contributed by atoms with Crippen molar-refractivity contribution in [1.29, 1.82) is 0 Å². The molecule has 0 aliphatic heterocycles. The van der Waals surface area contributed by atoms with E-state index >= 15 is 0 Å². The maximum atomic E-state index is 11.2. The van der Waals surface area contributed by atoms with Crippen LogP contribution in [0, 0.1) is 0 Å². The lowest BCUT2D eigenvalue weighted by Crippen LogP contribution is -1.99. The van der Waals surface area contributed by atoms with Gasteiger partial charge in [0, 0.05) is 11.8 Å². The summed E-state index contributed by atoms with van der Waals surface area (Å²) in [4.78, 5) is 11.2. The van der Waals surface area contributed by atoms with Gasteiger partial charge in [-0.05, 0) is 42.2 Å². The molecule has 3 nitrogen and oxygen atoms in total. The van der Waals surface area contributed by atoms with Crippen LogP contribution in [0.25, 0.3) is 6.08 Å². The summed E-state index contributed by atoms with van der Waals surface area (Å²) in [7, 11) is 0. The number of anilines is 1. The van der Waals surface area contributed by atoms with Crippen molar-refractivity contribution in [1.82, 2.24) is 0 Å². The Kier molecular flexibility index (Phi) is 4.76. The van der Waals surface area contributed by atoms with Crippen molar-refractivity contribution >= 4 is 17.7 Å². The Morgan fingerprint density at radius 1 is 1.47 bits per heavy atom. The van der Waals surface area contributed by atoms with Crippen molar-refractivity contribution in [2.45, 2.75) is 26.7 Å². The van der Waals surface area contributed by atoms with E-state index in [4.69, 9.17) is 10.5 Å². The minimum Gasteiger partial charge on any atom is -0.463 e. The highest BCUT2D eigenvalue weighted by molar-refractivity contribution is 5.88. The van der Waals surface area contributed by atoms with E-state index < -0.39 is 0 Å². The molecule has 17 heavy (non-hydrogen) atoms. The van der Waals surface area contributed by atoms with Gasteiger partial charge in [-0.25, -0.2) is 4.79 Å². The van der Waals surface area contributed by atoms with Crippen molar-refractivity contribution in [2.24, 2.45) is 0 Å². The second kappa shape index (κ2) is 6.09. The molecular formula is C14H19NO2. The smallest absolute Gasteiger partial charge is 0.330 e. The Morgan fingerprint density at radius 2 is 2.18 bits per heavy atom. The Bertz CT molecular complexity index is 422. The van der Waals surface area contributed by atoms with E-state index in [1.165, 1.54) is 11.6 Å². The van der Waals surface area contributed by atoms with Crippen molar-refractivity contribution in [3.05, 3.63) is 35.4 Å². The van der Waals surface area contributed by atoms with E-state index in [1.54, 1.807) is 13.0 Å². The van der Waals surface area contributed by atoms with Crippen molar-refractivity contribution < 1.29 is 9.53 Å². The average Bonchev–Trinajstić information content (AvgIpc) is 2.28. The number of carbonyl (C=O) groups excluding carboxylic acids is 1.